The molecule has 118 valence electrons. The third-order valence-corrected chi connectivity index (χ3v) is 4.80. The first kappa shape index (κ1) is 16.2. The SMILES string of the molecule is O[C@H](COc1cccc(Br)c1)CSc1ncnc2ccccc12. The minimum absolute atomic E-state index is 0.243. The van der Waals surface area contributed by atoms with E-state index in [-0.39, 0.29) is 6.61 Å². The van der Waals surface area contributed by atoms with E-state index in [0.29, 0.717) is 5.75 Å². The lowest BCUT2D eigenvalue weighted by atomic mass is 10.2. The van der Waals surface area contributed by atoms with E-state index in [9.17, 15) is 5.11 Å². The van der Waals surface area contributed by atoms with Gasteiger partial charge in [-0.3, -0.25) is 0 Å². The van der Waals surface area contributed by atoms with E-state index in [1.807, 2.05) is 48.5 Å². The molecule has 0 saturated heterocycles. The average Bonchev–Trinajstić information content (AvgIpc) is 2.58. The maximum Gasteiger partial charge on any atom is 0.120 e. The van der Waals surface area contributed by atoms with E-state index in [2.05, 4.69) is 25.9 Å². The van der Waals surface area contributed by atoms with Crippen LogP contribution < -0.4 is 4.74 Å². The Morgan fingerprint density at radius 2 is 2.00 bits per heavy atom. The van der Waals surface area contributed by atoms with Crippen LogP contribution in [0.4, 0.5) is 0 Å². The number of hydrogen-bond acceptors (Lipinski definition) is 5. The normalized spacial score (nSPS) is 12.3. The number of rotatable bonds is 6. The molecule has 2 aromatic carbocycles. The molecule has 1 aromatic heterocycles. The minimum Gasteiger partial charge on any atom is -0.491 e. The first-order valence-electron chi connectivity index (χ1n) is 7.11. The van der Waals surface area contributed by atoms with Crippen LogP contribution in [0.3, 0.4) is 0 Å². The Hall–Kier alpha value is -1.63. The highest BCUT2D eigenvalue weighted by atomic mass is 79.9. The number of halogens is 1. The van der Waals surface area contributed by atoms with Gasteiger partial charge < -0.3 is 9.84 Å². The lowest BCUT2D eigenvalue weighted by Gasteiger charge is -2.12. The molecule has 0 aliphatic heterocycles. The second-order valence-electron chi connectivity index (χ2n) is 4.93. The highest BCUT2D eigenvalue weighted by Gasteiger charge is 2.10. The molecule has 0 fully saturated rings. The summed E-state index contributed by atoms with van der Waals surface area (Å²) >= 11 is 4.90. The Morgan fingerprint density at radius 3 is 2.87 bits per heavy atom. The van der Waals surface area contributed by atoms with Gasteiger partial charge in [-0.25, -0.2) is 9.97 Å². The van der Waals surface area contributed by atoms with Gasteiger partial charge in [0, 0.05) is 15.6 Å². The maximum absolute atomic E-state index is 10.1. The van der Waals surface area contributed by atoms with Crippen molar-refractivity contribution in [2.75, 3.05) is 12.4 Å². The van der Waals surface area contributed by atoms with Crippen LogP contribution >= 0.6 is 27.7 Å². The summed E-state index contributed by atoms with van der Waals surface area (Å²) in [7, 11) is 0. The topological polar surface area (TPSA) is 55.2 Å². The molecule has 23 heavy (non-hydrogen) atoms. The highest BCUT2D eigenvalue weighted by molar-refractivity contribution is 9.10. The molecule has 0 bridgehead atoms. The number of thioether (sulfide) groups is 1. The predicted molar refractivity (Wildman–Crippen MR) is 95.9 cm³/mol. The van der Waals surface area contributed by atoms with Crippen molar-refractivity contribution in [2.45, 2.75) is 11.1 Å². The molecule has 0 saturated carbocycles. The van der Waals surface area contributed by atoms with Crippen LogP contribution in [-0.4, -0.2) is 33.5 Å². The zero-order chi connectivity index (χ0) is 16.1. The van der Waals surface area contributed by atoms with Crippen molar-refractivity contribution in [3.63, 3.8) is 0 Å². The average molecular weight is 391 g/mol. The molecule has 0 aliphatic rings. The minimum atomic E-state index is -0.576. The molecule has 3 rings (SSSR count). The molecule has 1 heterocycles. The fourth-order valence-electron chi connectivity index (χ4n) is 2.07. The molecule has 0 radical (unpaired) electrons. The van der Waals surface area contributed by atoms with Crippen molar-refractivity contribution in [3.05, 3.63) is 59.3 Å². The molecular weight excluding hydrogens is 376 g/mol. The number of benzene rings is 2. The number of aliphatic hydroxyl groups excluding tert-OH is 1. The summed E-state index contributed by atoms with van der Waals surface area (Å²) in [6.45, 7) is 0.243. The van der Waals surface area contributed by atoms with Crippen molar-refractivity contribution in [2.24, 2.45) is 0 Å². The van der Waals surface area contributed by atoms with Crippen molar-refractivity contribution in [1.29, 1.82) is 0 Å². The number of fused-ring (bicyclic) bond motifs is 1. The molecule has 1 N–H and O–H groups in total. The standard InChI is InChI=1S/C17H15BrN2O2S/c18-12-4-3-5-14(8-12)22-9-13(21)10-23-17-15-6-1-2-7-16(15)19-11-20-17/h1-8,11,13,21H,9-10H2/t13-/m1/s1. The number of para-hydroxylation sites is 1. The highest BCUT2D eigenvalue weighted by Crippen LogP contribution is 2.25. The molecule has 0 aliphatic carbocycles. The van der Waals surface area contributed by atoms with E-state index < -0.39 is 6.10 Å². The van der Waals surface area contributed by atoms with Gasteiger partial charge in [-0.1, -0.05) is 40.2 Å². The maximum atomic E-state index is 10.1. The van der Waals surface area contributed by atoms with Gasteiger partial charge in [-0.05, 0) is 24.3 Å². The number of aromatic nitrogens is 2. The predicted octanol–water partition coefficient (Wildman–Crippen LogP) is 3.92. The summed E-state index contributed by atoms with van der Waals surface area (Å²) in [5.41, 5.74) is 0.907. The molecule has 0 spiro atoms. The molecule has 0 amide bonds. The second-order valence-corrected chi connectivity index (χ2v) is 6.85. The van der Waals surface area contributed by atoms with Gasteiger partial charge in [-0.2, -0.15) is 0 Å². The molecule has 4 nitrogen and oxygen atoms in total. The Labute approximate surface area is 147 Å². The van der Waals surface area contributed by atoms with Crippen LogP contribution in [0.15, 0.2) is 64.4 Å². The van der Waals surface area contributed by atoms with Crippen molar-refractivity contribution < 1.29 is 9.84 Å². The fourth-order valence-corrected chi connectivity index (χ4v) is 3.34. The summed E-state index contributed by atoms with van der Waals surface area (Å²) in [5.74, 6) is 1.24. The molecule has 6 heteroatoms. The van der Waals surface area contributed by atoms with Gasteiger partial charge in [0.1, 0.15) is 23.7 Å². The largest absolute Gasteiger partial charge is 0.491 e. The lowest BCUT2D eigenvalue weighted by Crippen LogP contribution is -2.20. The van der Waals surface area contributed by atoms with E-state index in [1.165, 1.54) is 11.8 Å². The summed E-state index contributed by atoms with van der Waals surface area (Å²) in [6, 6.07) is 15.4. The van der Waals surface area contributed by atoms with Crippen LogP contribution in [0, 0.1) is 0 Å². The van der Waals surface area contributed by atoms with E-state index in [4.69, 9.17) is 4.74 Å². The zero-order valence-electron chi connectivity index (χ0n) is 12.2. The van der Waals surface area contributed by atoms with E-state index >= 15 is 0 Å². The van der Waals surface area contributed by atoms with Crippen LogP contribution in [0.2, 0.25) is 0 Å². The smallest absolute Gasteiger partial charge is 0.120 e. The summed E-state index contributed by atoms with van der Waals surface area (Å²) < 4.78 is 6.55. The van der Waals surface area contributed by atoms with Crippen molar-refractivity contribution in [3.8, 4) is 5.75 Å². The van der Waals surface area contributed by atoms with Crippen LogP contribution in [0.1, 0.15) is 0 Å². The molecular formula is C17H15BrN2O2S. The van der Waals surface area contributed by atoms with E-state index in [1.54, 1.807) is 6.33 Å². The van der Waals surface area contributed by atoms with Gasteiger partial charge in [0.15, 0.2) is 0 Å². The zero-order valence-corrected chi connectivity index (χ0v) is 14.6. The van der Waals surface area contributed by atoms with Gasteiger partial charge >= 0.3 is 0 Å². The Bertz CT molecular complexity index is 795. The Balaban J connectivity index is 1.57. The fraction of sp³-hybridized carbons (Fsp3) is 0.176. The number of ether oxygens (including phenoxy) is 1. The first-order valence-corrected chi connectivity index (χ1v) is 8.89. The number of aliphatic hydroxyl groups is 1. The second kappa shape index (κ2) is 7.77. The third-order valence-electron chi connectivity index (χ3n) is 3.16. The first-order chi connectivity index (χ1) is 11.2. The van der Waals surface area contributed by atoms with Gasteiger partial charge in [0.25, 0.3) is 0 Å². The van der Waals surface area contributed by atoms with Gasteiger partial charge in [0.05, 0.1) is 11.6 Å². The lowest BCUT2D eigenvalue weighted by molar-refractivity contribution is 0.126. The van der Waals surface area contributed by atoms with Crippen LogP contribution in [0.5, 0.6) is 5.75 Å². The number of hydrogen-bond donors (Lipinski definition) is 1. The van der Waals surface area contributed by atoms with Crippen molar-refractivity contribution >= 4 is 38.6 Å². The number of nitrogens with zero attached hydrogens (tertiary/aromatic N) is 2. The molecule has 1 atom stereocenters. The molecule has 0 unspecified atom stereocenters. The van der Waals surface area contributed by atoms with E-state index in [0.717, 1.165) is 26.2 Å². The monoisotopic (exact) mass is 390 g/mol. The Kier molecular flexibility index (Phi) is 5.48. The van der Waals surface area contributed by atoms with Crippen molar-refractivity contribution in [1.82, 2.24) is 9.97 Å². The summed E-state index contributed by atoms with van der Waals surface area (Å²) in [5, 5.41) is 12.0. The Morgan fingerprint density at radius 1 is 1.13 bits per heavy atom. The van der Waals surface area contributed by atoms with Gasteiger partial charge in [-0.15, -0.1) is 11.8 Å². The summed E-state index contributed by atoms with van der Waals surface area (Å²) in [6.07, 6.45) is 0.974. The van der Waals surface area contributed by atoms with Crippen LogP contribution in [0.25, 0.3) is 10.9 Å². The quantitative estimate of drug-likeness (QED) is 0.510. The van der Waals surface area contributed by atoms with Gasteiger partial charge in [0.2, 0.25) is 0 Å². The molecule has 3 aromatic rings. The third kappa shape index (κ3) is 4.43. The summed E-state index contributed by atoms with van der Waals surface area (Å²) in [4.78, 5) is 8.54. The van der Waals surface area contributed by atoms with Crippen LogP contribution in [-0.2, 0) is 0 Å².